The minimum atomic E-state index is -0.975. The third-order valence-electron chi connectivity index (χ3n) is 4.97. The second-order valence-electron chi connectivity index (χ2n) is 6.90. The summed E-state index contributed by atoms with van der Waals surface area (Å²) in [6.45, 7) is 4.48. The zero-order valence-electron chi connectivity index (χ0n) is 16.6. The third kappa shape index (κ3) is 3.74. The van der Waals surface area contributed by atoms with Gasteiger partial charge in [0.25, 0.3) is 5.91 Å². The number of nitrogens with one attached hydrogen (secondary N) is 1. The summed E-state index contributed by atoms with van der Waals surface area (Å²) in [6.07, 6.45) is 0.433. The number of esters is 1. The number of benzene rings is 2. The molecule has 4 aromatic rings. The number of halogens is 1. The summed E-state index contributed by atoms with van der Waals surface area (Å²) in [5.74, 6) is -1.05. The summed E-state index contributed by atoms with van der Waals surface area (Å²) in [5.41, 5.74) is 3.13. The SMILES string of the molecule is CCn1c2ccccc2c2cc(NC(=O)C(C)OC(=O)c3ccnc(Cl)c3)ccc21. The van der Waals surface area contributed by atoms with Crippen LogP contribution in [0.4, 0.5) is 5.69 Å². The van der Waals surface area contributed by atoms with Crippen LogP contribution in [0.1, 0.15) is 24.2 Å². The number of nitrogens with zero attached hydrogens (tertiary/aromatic N) is 2. The zero-order valence-corrected chi connectivity index (χ0v) is 17.3. The van der Waals surface area contributed by atoms with Gasteiger partial charge in [0.15, 0.2) is 6.10 Å². The zero-order chi connectivity index (χ0) is 21.3. The molecule has 30 heavy (non-hydrogen) atoms. The molecule has 6 nitrogen and oxygen atoms in total. The number of aryl methyl sites for hydroxylation is 1. The Kier molecular flexibility index (Phi) is 5.42. The number of hydrogen-bond acceptors (Lipinski definition) is 4. The second kappa shape index (κ2) is 8.16. The normalized spacial score (nSPS) is 12.1. The molecule has 7 heteroatoms. The first-order valence-corrected chi connectivity index (χ1v) is 10.00. The summed E-state index contributed by atoms with van der Waals surface area (Å²) in [7, 11) is 0. The average Bonchev–Trinajstić information content (AvgIpc) is 3.06. The van der Waals surface area contributed by atoms with Gasteiger partial charge in [-0.3, -0.25) is 4.79 Å². The van der Waals surface area contributed by atoms with E-state index in [9.17, 15) is 9.59 Å². The van der Waals surface area contributed by atoms with Gasteiger partial charge in [0.1, 0.15) is 5.15 Å². The molecule has 1 unspecified atom stereocenters. The highest BCUT2D eigenvalue weighted by Gasteiger charge is 2.20. The average molecular weight is 422 g/mol. The molecule has 0 radical (unpaired) electrons. The van der Waals surface area contributed by atoms with E-state index < -0.39 is 18.0 Å². The van der Waals surface area contributed by atoms with Gasteiger partial charge in [0, 0.05) is 40.2 Å². The van der Waals surface area contributed by atoms with Crippen molar-refractivity contribution in [2.45, 2.75) is 26.5 Å². The molecule has 4 rings (SSSR count). The Hall–Kier alpha value is -3.38. The number of fused-ring (bicyclic) bond motifs is 3. The number of ether oxygens (including phenoxy) is 1. The van der Waals surface area contributed by atoms with Gasteiger partial charge < -0.3 is 14.6 Å². The maximum atomic E-state index is 12.6. The minimum absolute atomic E-state index is 0.182. The van der Waals surface area contributed by atoms with Gasteiger partial charge >= 0.3 is 5.97 Å². The van der Waals surface area contributed by atoms with Gasteiger partial charge in [-0.1, -0.05) is 29.8 Å². The number of carbonyl (C=O) groups is 2. The lowest BCUT2D eigenvalue weighted by Crippen LogP contribution is -2.30. The summed E-state index contributed by atoms with van der Waals surface area (Å²) < 4.78 is 7.50. The highest BCUT2D eigenvalue weighted by Crippen LogP contribution is 2.31. The first-order chi connectivity index (χ1) is 14.5. The van der Waals surface area contributed by atoms with E-state index in [0.29, 0.717) is 5.69 Å². The molecule has 0 saturated carbocycles. The van der Waals surface area contributed by atoms with Crippen LogP contribution in [0.5, 0.6) is 0 Å². The standard InChI is InChI=1S/C23H20ClN3O3/c1-3-27-19-7-5-4-6-17(19)18-13-16(8-9-20(18)27)26-22(28)14(2)30-23(29)15-10-11-25-21(24)12-15/h4-14H,3H2,1-2H3,(H,26,28). The van der Waals surface area contributed by atoms with Crippen LogP contribution in [0.15, 0.2) is 60.8 Å². The van der Waals surface area contributed by atoms with Crippen molar-refractivity contribution < 1.29 is 14.3 Å². The highest BCUT2D eigenvalue weighted by molar-refractivity contribution is 6.29. The lowest BCUT2D eigenvalue weighted by atomic mass is 10.1. The predicted molar refractivity (Wildman–Crippen MR) is 118 cm³/mol. The van der Waals surface area contributed by atoms with Crippen molar-refractivity contribution in [3.8, 4) is 0 Å². The van der Waals surface area contributed by atoms with Gasteiger partial charge in [-0.15, -0.1) is 0 Å². The summed E-state index contributed by atoms with van der Waals surface area (Å²) in [4.78, 5) is 28.6. The van der Waals surface area contributed by atoms with Crippen LogP contribution in [0, 0.1) is 0 Å². The molecule has 0 saturated heterocycles. The maximum absolute atomic E-state index is 12.6. The van der Waals surface area contributed by atoms with E-state index >= 15 is 0 Å². The van der Waals surface area contributed by atoms with Gasteiger partial charge in [-0.2, -0.15) is 0 Å². The highest BCUT2D eigenvalue weighted by atomic mass is 35.5. The van der Waals surface area contributed by atoms with Crippen molar-refractivity contribution in [2.24, 2.45) is 0 Å². The minimum Gasteiger partial charge on any atom is -0.449 e. The van der Waals surface area contributed by atoms with E-state index in [2.05, 4.69) is 33.9 Å². The second-order valence-corrected chi connectivity index (χ2v) is 7.28. The third-order valence-corrected chi connectivity index (χ3v) is 5.18. The van der Waals surface area contributed by atoms with E-state index in [1.54, 1.807) is 0 Å². The largest absolute Gasteiger partial charge is 0.449 e. The molecular formula is C23H20ClN3O3. The monoisotopic (exact) mass is 421 g/mol. The van der Waals surface area contributed by atoms with Crippen LogP contribution < -0.4 is 5.32 Å². The summed E-state index contributed by atoms with van der Waals surface area (Å²) in [5, 5.41) is 5.19. The molecule has 2 aromatic heterocycles. The van der Waals surface area contributed by atoms with E-state index in [1.165, 1.54) is 25.3 Å². The molecule has 0 aliphatic heterocycles. The molecular weight excluding hydrogens is 402 g/mol. The molecule has 2 heterocycles. The van der Waals surface area contributed by atoms with Crippen molar-refractivity contribution in [1.29, 1.82) is 0 Å². The van der Waals surface area contributed by atoms with Gasteiger partial charge in [0.05, 0.1) is 5.56 Å². The van der Waals surface area contributed by atoms with Crippen molar-refractivity contribution >= 4 is 51.0 Å². The van der Waals surface area contributed by atoms with E-state index in [1.807, 2.05) is 30.3 Å². The van der Waals surface area contributed by atoms with Crippen molar-refractivity contribution in [3.63, 3.8) is 0 Å². The Balaban J connectivity index is 1.54. The molecule has 0 aliphatic rings. The Bertz CT molecular complexity index is 1270. The Morgan fingerprint density at radius 2 is 1.87 bits per heavy atom. The van der Waals surface area contributed by atoms with Gasteiger partial charge in [-0.25, -0.2) is 9.78 Å². The van der Waals surface area contributed by atoms with E-state index in [4.69, 9.17) is 16.3 Å². The smallest absolute Gasteiger partial charge is 0.339 e. The van der Waals surface area contributed by atoms with Crippen molar-refractivity contribution in [3.05, 3.63) is 71.5 Å². The van der Waals surface area contributed by atoms with Crippen LogP contribution in [-0.4, -0.2) is 27.5 Å². The molecule has 2 aromatic carbocycles. The fourth-order valence-corrected chi connectivity index (χ4v) is 3.70. The maximum Gasteiger partial charge on any atom is 0.339 e. The van der Waals surface area contributed by atoms with Gasteiger partial charge in [0.2, 0.25) is 0 Å². The number of anilines is 1. The number of aromatic nitrogens is 2. The van der Waals surface area contributed by atoms with Crippen LogP contribution in [0.25, 0.3) is 21.8 Å². The Morgan fingerprint density at radius 3 is 2.63 bits per heavy atom. The topological polar surface area (TPSA) is 73.2 Å². The number of amides is 1. The molecule has 1 N–H and O–H groups in total. The van der Waals surface area contributed by atoms with E-state index in [0.717, 1.165) is 28.4 Å². The molecule has 0 fully saturated rings. The Labute approximate surface area is 178 Å². The van der Waals surface area contributed by atoms with E-state index in [-0.39, 0.29) is 10.7 Å². The van der Waals surface area contributed by atoms with Gasteiger partial charge in [-0.05, 0) is 50.2 Å². The van der Waals surface area contributed by atoms with Crippen LogP contribution >= 0.6 is 11.6 Å². The fourth-order valence-electron chi connectivity index (χ4n) is 3.53. The molecule has 152 valence electrons. The summed E-state index contributed by atoms with van der Waals surface area (Å²) >= 11 is 5.80. The lowest BCUT2D eigenvalue weighted by molar-refractivity contribution is -0.123. The lowest BCUT2D eigenvalue weighted by Gasteiger charge is -2.14. The number of pyridine rings is 1. The molecule has 0 spiro atoms. The number of para-hydroxylation sites is 1. The molecule has 0 aliphatic carbocycles. The number of carbonyl (C=O) groups excluding carboxylic acids is 2. The Morgan fingerprint density at radius 1 is 1.10 bits per heavy atom. The molecule has 1 amide bonds. The summed E-state index contributed by atoms with van der Waals surface area (Å²) in [6, 6.07) is 16.8. The van der Waals surface area contributed by atoms with Crippen molar-refractivity contribution in [2.75, 3.05) is 5.32 Å². The molecule has 0 bridgehead atoms. The quantitative estimate of drug-likeness (QED) is 0.361. The van der Waals surface area contributed by atoms with Crippen LogP contribution in [0.2, 0.25) is 5.15 Å². The predicted octanol–water partition coefficient (Wildman–Crippen LogP) is 5.05. The van der Waals surface area contributed by atoms with Crippen molar-refractivity contribution in [1.82, 2.24) is 9.55 Å². The molecule has 1 atom stereocenters. The number of rotatable bonds is 5. The van der Waals surface area contributed by atoms with Crippen LogP contribution in [0.3, 0.4) is 0 Å². The fraction of sp³-hybridized carbons (Fsp3) is 0.174. The van der Waals surface area contributed by atoms with Crippen LogP contribution in [-0.2, 0) is 16.1 Å². The first-order valence-electron chi connectivity index (χ1n) is 9.62. The first kappa shape index (κ1) is 19.9. The number of hydrogen-bond donors (Lipinski definition) is 1.